The summed E-state index contributed by atoms with van der Waals surface area (Å²) < 4.78 is 1.81. The Bertz CT molecular complexity index is 663. The van der Waals surface area contributed by atoms with E-state index in [9.17, 15) is 0 Å². The zero-order chi connectivity index (χ0) is 12.4. The smallest absolute Gasteiger partial charge is 0.149 e. The van der Waals surface area contributed by atoms with Crippen molar-refractivity contribution in [1.29, 1.82) is 0 Å². The highest BCUT2D eigenvalue weighted by Gasteiger charge is 2.03. The van der Waals surface area contributed by atoms with E-state index in [2.05, 4.69) is 15.1 Å². The Morgan fingerprint density at radius 2 is 2.00 bits per heavy atom. The summed E-state index contributed by atoms with van der Waals surface area (Å²) in [5.74, 6) is 0.729. The number of aliphatic hydroxyl groups excluding tert-OH is 1. The van der Waals surface area contributed by atoms with Gasteiger partial charge in [-0.1, -0.05) is 12.1 Å². The second-order valence-electron chi connectivity index (χ2n) is 4.04. The molecule has 1 N–H and O–H groups in total. The van der Waals surface area contributed by atoms with Gasteiger partial charge in [-0.15, -0.1) is 0 Å². The molecule has 0 unspecified atom stereocenters. The van der Waals surface area contributed by atoms with Crippen molar-refractivity contribution in [3.8, 4) is 0 Å². The zero-order valence-corrected chi connectivity index (χ0v) is 9.69. The molecule has 2 aromatic heterocycles. The first kappa shape index (κ1) is 10.9. The van der Waals surface area contributed by atoms with Crippen LogP contribution in [0.5, 0.6) is 0 Å². The largest absolute Gasteiger partial charge is 0.392 e. The Morgan fingerprint density at radius 3 is 2.78 bits per heavy atom. The highest BCUT2D eigenvalue weighted by Crippen LogP contribution is 2.14. The van der Waals surface area contributed by atoms with Crippen LogP contribution in [0.1, 0.15) is 11.4 Å². The molecule has 5 heteroatoms. The first-order chi connectivity index (χ1) is 8.85. The van der Waals surface area contributed by atoms with E-state index in [4.69, 9.17) is 5.11 Å². The third-order valence-electron chi connectivity index (χ3n) is 2.72. The van der Waals surface area contributed by atoms with Crippen molar-refractivity contribution in [2.45, 2.75) is 13.2 Å². The Hall–Kier alpha value is -2.27. The molecule has 0 aliphatic rings. The maximum Gasteiger partial charge on any atom is 0.149 e. The summed E-state index contributed by atoms with van der Waals surface area (Å²) in [4.78, 5) is 8.33. The molecule has 0 aliphatic heterocycles. The number of aliphatic hydroxyl groups is 1. The maximum absolute atomic E-state index is 9.08. The van der Waals surface area contributed by atoms with Gasteiger partial charge in [0.15, 0.2) is 0 Å². The van der Waals surface area contributed by atoms with E-state index in [1.165, 1.54) is 0 Å². The number of benzene rings is 1. The van der Waals surface area contributed by atoms with Crippen molar-refractivity contribution in [3.63, 3.8) is 0 Å². The molecular formula is C13H12N4O. The molecule has 1 aromatic carbocycles. The van der Waals surface area contributed by atoms with Crippen LogP contribution in [0.3, 0.4) is 0 Å². The van der Waals surface area contributed by atoms with Gasteiger partial charge in [0.25, 0.3) is 0 Å². The average molecular weight is 240 g/mol. The molecule has 3 aromatic rings. The second kappa shape index (κ2) is 4.54. The molecule has 0 saturated heterocycles. The minimum absolute atomic E-state index is 0.0323. The van der Waals surface area contributed by atoms with Gasteiger partial charge in [-0.3, -0.25) is 4.68 Å². The Kier molecular flexibility index (Phi) is 2.74. The second-order valence-corrected chi connectivity index (χ2v) is 4.04. The molecule has 0 fully saturated rings. The van der Waals surface area contributed by atoms with Crippen LogP contribution < -0.4 is 0 Å². The van der Waals surface area contributed by atoms with Gasteiger partial charge in [-0.2, -0.15) is 5.10 Å². The van der Waals surface area contributed by atoms with Crippen molar-refractivity contribution >= 4 is 10.9 Å². The summed E-state index contributed by atoms with van der Waals surface area (Å²) in [5, 5.41) is 14.6. The highest BCUT2D eigenvalue weighted by atomic mass is 16.3. The minimum Gasteiger partial charge on any atom is -0.392 e. The van der Waals surface area contributed by atoms with E-state index in [1.807, 2.05) is 24.4 Å². The first-order valence-electron chi connectivity index (χ1n) is 5.68. The van der Waals surface area contributed by atoms with Crippen molar-refractivity contribution in [2.75, 3.05) is 0 Å². The minimum atomic E-state index is 0.0323. The van der Waals surface area contributed by atoms with Gasteiger partial charge in [0.05, 0.1) is 12.1 Å². The predicted octanol–water partition coefficient (Wildman–Crippen LogP) is 1.37. The molecule has 0 saturated carbocycles. The van der Waals surface area contributed by atoms with Gasteiger partial charge in [0, 0.05) is 24.0 Å². The molecule has 5 nitrogen and oxygen atoms in total. The van der Waals surface area contributed by atoms with Crippen LogP contribution >= 0.6 is 0 Å². The molecule has 3 rings (SSSR count). The molecule has 2 heterocycles. The summed E-state index contributed by atoms with van der Waals surface area (Å²) in [6.07, 6.45) is 5.39. The third-order valence-corrected chi connectivity index (χ3v) is 2.72. The monoisotopic (exact) mass is 240 g/mol. The molecule has 0 bridgehead atoms. The number of rotatable bonds is 3. The predicted molar refractivity (Wildman–Crippen MR) is 66.8 cm³/mol. The molecule has 0 radical (unpaired) electrons. The van der Waals surface area contributed by atoms with Gasteiger partial charge in [-0.05, 0) is 17.7 Å². The summed E-state index contributed by atoms with van der Waals surface area (Å²) in [6, 6.07) is 7.53. The Labute approximate surface area is 104 Å². The normalized spacial score (nSPS) is 10.9. The molecule has 0 spiro atoms. The quantitative estimate of drug-likeness (QED) is 0.751. The van der Waals surface area contributed by atoms with Crippen molar-refractivity contribution in [2.24, 2.45) is 0 Å². The van der Waals surface area contributed by atoms with Crippen molar-refractivity contribution < 1.29 is 5.11 Å². The van der Waals surface area contributed by atoms with Gasteiger partial charge < -0.3 is 5.11 Å². The van der Waals surface area contributed by atoms with Gasteiger partial charge in [0.1, 0.15) is 12.4 Å². The SMILES string of the molecule is OCc1ccc2cn(Cc3ncccn3)nc2c1. The van der Waals surface area contributed by atoms with E-state index >= 15 is 0 Å². The van der Waals surface area contributed by atoms with Crippen LogP contribution in [0.4, 0.5) is 0 Å². The molecular weight excluding hydrogens is 228 g/mol. The lowest BCUT2D eigenvalue weighted by atomic mass is 10.2. The summed E-state index contributed by atoms with van der Waals surface area (Å²) in [7, 11) is 0. The standard InChI is InChI=1S/C13H12N4O/c18-9-10-2-3-11-7-17(16-12(11)6-10)8-13-14-4-1-5-15-13/h1-7,18H,8-9H2. The van der Waals surface area contributed by atoms with Crippen LogP contribution in [0, 0.1) is 0 Å². The topological polar surface area (TPSA) is 63.8 Å². The lowest BCUT2D eigenvalue weighted by Crippen LogP contribution is -2.03. The van der Waals surface area contributed by atoms with Crippen LogP contribution in [-0.4, -0.2) is 24.9 Å². The number of nitrogens with zero attached hydrogens (tertiary/aromatic N) is 4. The van der Waals surface area contributed by atoms with E-state index in [1.54, 1.807) is 23.1 Å². The van der Waals surface area contributed by atoms with E-state index in [-0.39, 0.29) is 6.61 Å². The zero-order valence-electron chi connectivity index (χ0n) is 9.69. The number of aromatic nitrogens is 4. The molecule has 0 aliphatic carbocycles. The van der Waals surface area contributed by atoms with Crippen LogP contribution in [0.25, 0.3) is 10.9 Å². The third kappa shape index (κ3) is 2.08. The Balaban J connectivity index is 1.94. The summed E-state index contributed by atoms with van der Waals surface area (Å²) in [6.45, 7) is 0.578. The molecule has 0 amide bonds. The number of hydrogen-bond acceptors (Lipinski definition) is 4. The fraction of sp³-hybridized carbons (Fsp3) is 0.154. The van der Waals surface area contributed by atoms with E-state index < -0.39 is 0 Å². The molecule has 18 heavy (non-hydrogen) atoms. The number of fused-ring (bicyclic) bond motifs is 1. The number of hydrogen-bond donors (Lipinski definition) is 1. The van der Waals surface area contributed by atoms with E-state index in [0.29, 0.717) is 6.54 Å². The van der Waals surface area contributed by atoms with Gasteiger partial charge in [-0.25, -0.2) is 9.97 Å². The summed E-state index contributed by atoms with van der Waals surface area (Å²) in [5.41, 5.74) is 1.74. The lowest BCUT2D eigenvalue weighted by Gasteiger charge is -1.98. The van der Waals surface area contributed by atoms with E-state index in [0.717, 1.165) is 22.3 Å². The van der Waals surface area contributed by atoms with Gasteiger partial charge in [0.2, 0.25) is 0 Å². The first-order valence-corrected chi connectivity index (χ1v) is 5.68. The average Bonchev–Trinajstić information content (AvgIpc) is 2.80. The van der Waals surface area contributed by atoms with Gasteiger partial charge >= 0.3 is 0 Å². The fourth-order valence-corrected chi connectivity index (χ4v) is 1.85. The summed E-state index contributed by atoms with van der Waals surface area (Å²) >= 11 is 0. The molecule has 0 atom stereocenters. The molecule has 90 valence electrons. The van der Waals surface area contributed by atoms with Crippen molar-refractivity contribution in [3.05, 3.63) is 54.2 Å². The Morgan fingerprint density at radius 1 is 1.17 bits per heavy atom. The van der Waals surface area contributed by atoms with Crippen LogP contribution in [0.2, 0.25) is 0 Å². The lowest BCUT2D eigenvalue weighted by molar-refractivity contribution is 0.282. The fourth-order valence-electron chi connectivity index (χ4n) is 1.85. The maximum atomic E-state index is 9.08. The highest BCUT2D eigenvalue weighted by molar-refractivity contribution is 5.78. The van der Waals surface area contributed by atoms with Crippen LogP contribution in [-0.2, 0) is 13.2 Å². The van der Waals surface area contributed by atoms with Crippen molar-refractivity contribution in [1.82, 2.24) is 19.7 Å². The van der Waals surface area contributed by atoms with Crippen LogP contribution in [0.15, 0.2) is 42.9 Å².